The minimum absolute atomic E-state index is 0.377. The summed E-state index contributed by atoms with van der Waals surface area (Å²) in [4.78, 5) is 4.54. The Morgan fingerprint density at radius 1 is 1.32 bits per heavy atom. The first kappa shape index (κ1) is 14.5. The summed E-state index contributed by atoms with van der Waals surface area (Å²) >= 11 is 0. The molecule has 0 bridgehead atoms. The van der Waals surface area contributed by atoms with Crippen LogP contribution in [0.4, 0.5) is 0 Å². The molecule has 0 aromatic carbocycles. The molecule has 5 heteroatoms. The van der Waals surface area contributed by atoms with Gasteiger partial charge in [-0.15, -0.1) is 0 Å². The van der Waals surface area contributed by atoms with E-state index in [0.717, 1.165) is 37.7 Å². The third-order valence-corrected chi connectivity index (χ3v) is 3.71. The molecule has 0 aliphatic heterocycles. The first-order valence-corrected chi connectivity index (χ1v) is 7.48. The van der Waals surface area contributed by atoms with Gasteiger partial charge < -0.3 is 14.6 Å². The van der Waals surface area contributed by atoms with Crippen LogP contribution in [0.15, 0.2) is 4.52 Å². The Morgan fingerprint density at radius 2 is 2.16 bits per heavy atom. The lowest BCUT2D eigenvalue weighted by atomic mass is 9.84. The first-order valence-electron chi connectivity index (χ1n) is 7.48. The van der Waals surface area contributed by atoms with Gasteiger partial charge in [0, 0.05) is 19.1 Å². The van der Waals surface area contributed by atoms with E-state index in [2.05, 4.69) is 22.4 Å². The van der Waals surface area contributed by atoms with Gasteiger partial charge in [0.15, 0.2) is 5.82 Å². The Kier molecular flexibility index (Phi) is 5.79. The second-order valence-corrected chi connectivity index (χ2v) is 5.05. The predicted molar refractivity (Wildman–Crippen MR) is 73.2 cm³/mol. The fourth-order valence-electron chi connectivity index (χ4n) is 2.76. The van der Waals surface area contributed by atoms with Crippen LogP contribution in [0.2, 0.25) is 0 Å². The van der Waals surface area contributed by atoms with E-state index < -0.39 is 0 Å². The molecular formula is C14H25N3O2. The lowest BCUT2D eigenvalue weighted by Gasteiger charge is -2.29. The van der Waals surface area contributed by atoms with E-state index in [0.29, 0.717) is 18.6 Å². The third-order valence-electron chi connectivity index (χ3n) is 3.71. The van der Waals surface area contributed by atoms with Crippen molar-refractivity contribution in [1.82, 2.24) is 15.5 Å². The van der Waals surface area contributed by atoms with Crippen LogP contribution in [0.3, 0.4) is 0 Å². The molecule has 2 unspecified atom stereocenters. The van der Waals surface area contributed by atoms with Gasteiger partial charge in [-0.25, -0.2) is 0 Å². The van der Waals surface area contributed by atoms with Crippen LogP contribution in [0, 0.1) is 0 Å². The van der Waals surface area contributed by atoms with Crippen molar-refractivity contribution in [2.75, 3.05) is 19.8 Å². The summed E-state index contributed by atoms with van der Waals surface area (Å²) < 4.78 is 10.8. The van der Waals surface area contributed by atoms with Crippen molar-refractivity contribution < 1.29 is 9.26 Å². The fraction of sp³-hybridized carbons (Fsp3) is 0.857. The molecule has 2 rings (SSSR count). The van der Waals surface area contributed by atoms with Crippen LogP contribution in [-0.4, -0.2) is 35.9 Å². The molecule has 0 saturated heterocycles. The molecule has 1 N–H and O–H groups in total. The maximum absolute atomic E-state index is 5.45. The van der Waals surface area contributed by atoms with E-state index in [9.17, 15) is 0 Å². The average Bonchev–Trinajstić information content (AvgIpc) is 2.89. The van der Waals surface area contributed by atoms with Crippen LogP contribution in [-0.2, 0) is 11.2 Å². The maximum atomic E-state index is 5.45. The van der Waals surface area contributed by atoms with Crippen LogP contribution in [0.25, 0.3) is 0 Å². The van der Waals surface area contributed by atoms with Gasteiger partial charge >= 0.3 is 0 Å². The summed E-state index contributed by atoms with van der Waals surface area (Å²) in [6, 6.07) is 0.485. The third kappa shape index (κ3) is 4.01. The molecule has 1 aliphatic rings. The van der Waals surface area contributed by atoms with E-state index in [-0.39, 0.29) is 0 Å². The monoisotopic (exact) mass is 267 g/mol. The van der Waals surface area contributed by atoms with Crippen molar-refractivity contribution in [2.24, 2.45) is 0 Å². The number of likely N-dealkylation sites (N-methyl/N-ethyl adjacent to an activating group) is 1. The van der Waals surface area contributed by atoms with Gasteiger partial charge in [-0.1, -0.05) is 24.9 Å². The van der Waals surface area contributed by atoms with Gasteiger partial charge in [-0.2, -0.15) is 4.98 Å². The number of nitrogens with one attached hydrogen (secondary N) is 1. The molecule has 1 aliphatic carbocycles. The molecule has 0 amide bonds. The molecule has 0 radical (unpaired) electrons. The van der Waals surface area contributed by atoms with Gasteiger partial charge in [0.2, 0.25) is 5.89 Å². The summed E-state index contributed by atoms with van der Waals surface area (Å²) in [5, 5.41) is 7.61. The Morgan fingerprint density at radius 3 is 2.95 bits per heavy atom. The van der Waals surface area contributed by atoms with Crippen molar-refractivity contribution in [3.63, 3.8) is 0 Å². The number of ether oxygens (including phenoxy) is 1. The quantitative estimate of drug-likeness (QED) is 0.768. The van der Waals surface area contributed by atoms with E-state index >= 15 is 0 Å². The van der Waals surface area contributed by atoms with E-state index in [1.807, 2.05) is 6.92 Å². The normalized spacial score (nSPS) is 23.7. The summed E-state index contributed by atoms with van der Waals surface area (Å²) in [5.74, 6) is 1.95. The van der Waals surface area contributed by atoms with Crippen LogP contribution >= 0.6 is 0 Å². The minimum atomic E-state index is 0.377. The van der Waals surface area contributed by atoms with Crippen molar-refractivity contribution in [3.8, 4) is 0 Å². The molecule has 1 saturated carbocycles. The summed E-state index contributed by atoms with van der Waals surface area (Å²) in [6.45, 7) is 6.52. The Balaban J connectivity index is 1.95. The topological polar surface area (TPSA) is 60.2 Å². The van der Waals surface area contributed by atoms with Crippen molar-refractivity contribution in [2.45, 2.75) is 57.9 Å². The van der Waals surface area contributed by atoms with Gasteiger partial charge in [0.1, 0.15) is 0 Å². The van der Waals surface area contributed by atoms with Gasteiger partial charge in [0.25, 0.3) is 0 Å². The van der Waals surface area contributed by atoms with Gasteiger partial charge in [-0.05, 0) is 26.3 Å². The molecule has 0 spiro atoms. The van der Waals surface area contributed by atoms with Crippen LogP contribution in [0.1, 0.15) is 57.2 Å². The van der Waals surface area contributed by atoms with Crippen molar-refractivity contribution in [3.05, 3.63) is 11.7 Å². The van der Waals surface area contributed by atoms with E-state index in [1.54, 1.807) is 0 Å². The Labute approximate surface area is 115 Å². The molecule has 5 nitrogen and oxygen atoms in total. The zero-order valence-corrected chi connectivity index (χ0v) is 12.0. The average molecular weight is 267 g/mol. The number of nitrogens with zero attached hydrogens (tertiary/aromatic N) is 2. The SMILES string of the molecule is CCNC1CCCCC1c1nc(CCOCC)no1. The smallest absolute Gasteiger partial charge is 0.231 e. The van der Waals surface area contributed by atoms with Gasteiger partial charge in [0.05, 0.1) is 12.5 Å². The summed E-state index contributed by atoms with van der Waals surface area (Å²) in [6.07, 6.45) is 5.62. The first-order chi connectivity index (χ1) is 9.35. The largest absolute Gasteiger partial charge is 0.381 e. The molecule has 1 fully saturated rings. The highest BCUT2D eigenvalue weighted by molar-refractivity contribution is 5.01. The van der Waals surface area contributed by atoms with E-state index in [4.69, 9.17) is 9.26 Å². The maximum Gasteiger partial charge on any atom is 0.231 e. The zero-order valence-electron chi connectivity index (χ0n) is 12.0. The number of hydrogen-bond acceptors (Lipinski definition) is 5. The number of rotatable bonds is 7. The summed E-state index contributed by atoms with van der Waals surface area (Å²) in [7, 11) is 0. The van der Waals surface area contributed by atoms with Crippen LogP contribution < -0.4 is 5.32 Å². The van der Waals surface area contributed by atoms with Crippen molar-refractivity contribution in [1.29, 1.82) is 0 Å². The molecular weight excluding hydrogens is 242 g/mol. The Bertz CT molecular complexity index is 365. The van der Waals surface area contributed by atoms with E-state index in [1.165, 1.54) is 19.3 Å². The highest BCUT2D eigenvalue weighted by Gasteiger charge is 2.30. The molecule has 1 heterocycles. The van der Waals surface area contributed by atoms with Gasteiger partial charge in [-0.3, -0.25) is 0 Å². The molecule has 2 atom stereocenters. The van der Waals surface area contributed by atoms with Crippen molar-refractivity contribution >= 4 is 0 Å². The zero-order chi connectivity index (χ0) is 13.5. The molecule has 1 aromatic heterocycles. The molecule has 19 heavy (non-hydrogen) atoms. The fourth-order valence-corrected chi connectivity index (χ4v) is 2.76. The molecule has 1 aromatic rings. The standard InChI is InChI=1S/C14H25N3O2/c1-3-15-12-8-6-5-7-11(12)14-16-13(17-19-14)9-10-18-4-2/h11-12,15H,3-10H2,1-2H3. The lowest BCUT2D eigenvalue weighted by molar-refractivity contribution is 0.149. The number of aromatic nitrogens is 2. The summed E-state index contributed by atoms with van der Waals surface area (Å²) in [5.41, 5.74) is 0. The highest BCUT2D eigenvalue weighted by Crippen LogP contribution is 2.32. The molecule has 108 valence electrons. The predicted octanol–water partition coefficient (Wildman–Crippen LogP) is 2.28. The van der Waals surface area contributed by atoms with Crippen LogP contribution in [0.5, 0.6) is 0 Å². The lowest BCUT2D eigenvalue weighted by Crippen LogP contribution is -2.37. The number of hydrogen-bond donors (Lipinski definition) is 1. The highest BCUT2D eigenvalue weighted by atomic mass is 16.5. The second-order valence-electron chi connectivity index (χ2n) is 5.05. The Hall–Kier alpha value is -0.940. The minimum Gasteiger partial charge on any atom is -0.381 e. The second kappa shape index (κ2) is 7.60.